The molecular weight excluding hydrogens is 609 g/mol. The van der Waals surface area contributed by atoms with Gasteiger partial charge < -0.3 is 8.83 Å². The summed E-state index contributed by atoms with van der Waals surface area (Å²) in [5.74, 6) is 0. The van der Waals surface area contributed by atoms with E-state index >= 15 is 0 Å². The zero-order chi connectivity index (χ0) is 39.7. The number of fused-ring (bicyclic) bond motifs is 10. The second-order valence-electron chi connectivity index (χ2n) is 12.6. The van der Waals surface area contributed by atoms with Crippen molar-refractivity contribution in [1.29, 1.82) is 0 Å². The first kappa shape index (κ1) is 20.7. The Morgan fingerprint density at radius 2 is 0.860 bits per heavy atom. The standard InChI is InChI=1S/C48H28O2/c1-2-10-32-27-34(22-19-29(32)9-1)46-37-13-5-3-11-35(37)45(36-12-4-6-14-38(36)46)31-20-17-30(18-21-31)33-23-24-40-44(28-33)50-43-26-25-42-47(48(40)43)39-15-7-8-16-41(39)49-42/h1-28H/i3D,4D,5D,6D,11D,12D,13D,14D. The van der Waals surface area contributed by atoms with Gasteiger partial charge in [-0.25, -0.2) is 0 Å². The molecule has 2 aromatic heterocycles. The smallest absolute Gasteiger partial charge is 0.136 e. The molecule has 0 saturated heterocycles. The minimum atomic E-state index is -0.431. The molecule has 2 heterocycles. The number of hydrogen-bond acceptors (Lipinski definition) is 2. The van der Waals surface area contributed by atoms with Crippen LogP contribution in [0.1, 0.15) is 11.0 Å². The van der Waals surface area contributed by atoms with E-state index in [4.69, 9.17) is 14.3 Å². The van der Waals surface area contributed by atoms with Gasteiger partial charge in [-0.3, -0.25) is 0 Å². The highest BCUT2D eigenvalue weighted by Crippen LogP contribution is 2.45. The predicted octanol–water partition coefficient (Wildman–Crippen LogP) is 13.9. The van der Waals surface area contributed by atoms with Crippen molar-refractivity contribution in [3.8, 4) is 33.4 Å². The number of furan rings is 2. The molecule has 0 N–H and O–H groups in total. The third-order valence-electron chi connectivity index (χ3n) is 9.90. The van der Waals surface area contributed by atoms with Crippen LogP contribution in [0.2, 0.25) is 0 Å². The molecule has 0 aliphatic rings. The largest absolute Gasteiger partial charge is 0.456 e. The summed E-state index contributed by atoms with van der Waals surface area (Å²) < 4.78 is 84.6. The van der Waals surface area contributed by atoms with Crippen molar-refractivity contribution >= 4 is 76.2 Å². The van der Waals surface area contributed by atoms with Crippen LogP contribution in [-0.4, -0.2) is 0 Å². The summed E-state index contributed by atoms with van der Waals surface area (Å²) in [6, 6.07) is 35.9. The molecule has 0 amide bonds. The summed E-state index contributed by atoms with van der Waals surface area (Å²) in [5, 5.41) is 6.55. The van der Waals surface area contributed by atoms with E-state index in [0.717, 1.165) is 60.2 Å². The van der Waals surface area contributed by atoms with Gasteiger partial charge in [0.05, 0.1) is 11.0 Å². The molecule has 9 aromatic carbocycles. The lowest BCUT2D eigenvalue weighted by Crippen LogP contribution is -1.91. The van der Waals surface area contributed by atoms with Gasteiger partial charge in [-0.05, 0) is 102 Å². The van der Waals surface area contributed by atoms with E-state index in [1.54, 1.807) is 0 Å². The molecule has 2 nitrogen and oxygen atoms in total. The topological polar surface area (TPSA) is 26.3 Å². The predicted molar refractivity (Wildman–Crippen MR) is 210 cm³/mol. The highest BCUT2D eigenvalue weighted by molar-refractivity contribution is 6.26. The van der Waals surface area contributed by atoms with E-state index in [-0.39, 0.29) is 45.7 Å². The molecule has 0 fully saturated rings. The second kappa shape index (κ2) is 10.4. The minimum absolute atomic E-state index is 0.182. The Balaban J connectivity index is 1.16. The Morgan fingerprint density at radius 3 is 1.56 bits per heavy atom. The van der Waals surface area contributed by atoms with Gasteiger partial charge in [0.2, 0.25) is 0 Å². The van der Waals surface area contributed by atoms with Gasteiger partial charge in [0.1, 0.15) is 22.3 Å². The molecule has 232 valence electrons. The number of benzene rings is 9. The average molecular weight is 645 g/mol. The Kier molecular flexibility index (Phi) is 4.31. The van der Waals surface area contributed by atoms with Crippen LogP contribution >= 0.6 is 0 Å². The van der Waals surface area contributed by atoms with Crippen molar-refractivity contribution in [2.24, 2.45) is 0 Å². The molecule has 2 heteroatoms. The van der Waals surface area contributed by atoms with Gasteiger partial charge in [-0.1, -0.05) is 133 Å². The van der Waals surface area contributed by atoms with Gasteiger partial charge in [0, 0.05) is 21.5 Å². The van der Waals surface area contributed by atoms with E-state index < -0.39 is 24.2 Å². The summed E-state index contributed by atoms with van der Waals surface area (Å²) in [7, 11) is 0. The SMILES string of the molecule is [2H]c1c([2H])c([2H])c2c(-c3ccc4ccccc4c3)c3c([2H])c([2H])c([2H])c([2H])c3c(-c3ccc(-c4ccc5c(c4)oc4ccc6oc7ccccc7c6c45)cc3)c2c1[2H]. The number of para-hydroxylation sites is 1. The van der Waals surface area contributed by atoms with E-state index in [9.17, 15) is 5.48 Å². The first-order valence-corrected chi connectivity index (χ1v) is 16.4. The fraction of sp³-hybridized carbons (Fsp3) is 0. The van der Waals surface area contributed by atoms with Crippen molar-refractivity contribution in [3.05, 3.63) is 170 Å². The Morgan fingerprint density at radius 1 is 0.340 bits per heavy atom. The first-order valence-electron chi connectivity index (χ1n) is 20.4. The van der Waals surface area contributed by atoms with Crippen molar-refractivity contribution in [2.45, 2.75) is 0 Å². The van der Waals surface area contributed by atoms with Crippen molar-refractivity contribution < 1.29 is 19.8 Å². The van der Waals surface area contributed by atoms with Crippen LogP contribution < -0.4 is 0 Å². The summed E-state index contributed by atoms with van der Waals surface area (Å²) in [5.41, 5.74) is 6.56. The number of hydrogen-bond donors (Lipinski definition) is 0. The fourth-order valence-corrected chi connectivity index (χ4v) is 7.64. The molecule has 0 spiro atoms. The van der Waals surface area contributed by atoms with E-state index in [1.807, 2.05) is 115 Å². The van der Waals surface area contributed by atoms with Gasteiger partial charge in [-0.2, -0.15) is 0 Å². The number of rotatable bonds is 3. The minimum Gasteiger partial charge on any atom is -0.456 e. The molecule has 0 unspecified atom stereocenters. The lowest BCUT2D eigenvalue weighted by molar-refractivity contribution is 0.663. The van der Waals surface area contributed by atoms with E-state index in [0.29, 0.717) is 27.8 Å². The van der Waals surface area contributed by atoms with E-state index in [2.05, 4.69) is 6.07 Å². The monoisotopic (exact) mass is 644 g/mol. The second-order valence-corrected chi connectivity index (χ2v) is 12.6. The van der Waals surface area contributed by atoms with Crippen LogP contribution in [0.25, 0.3) is 110 Å². The lowest BCUT2D eigenvalue weighted by atomic mass is 9.85. The van der Waals surface area contributed by atoms with Crippen molar-refractivity contribution in [1.82, 2.24) is 0 Å². The van der Waals surface area contributed by atoms with Crippen molar-refractivity contribution in [2.75, 3.05) is 0 Å². The summed E-state index contributed by atoms with van der Waals surface area (Å²) in [6.45, 7) is 0. The highest BCUT2D eigenvalue weighted by Gasteiger charge is 2.18. The summed E-state index contributed by atoms with van der Waals surface area (Å²) >= 11 is 0. The van der Waals surface area contributed by atoms with E-state index in [1.165, 1.54) is 0 Å². The Hall–Kier alpha value is -6.64. The van der Waals surface area contributed by atoms with Gasteiger partial charge in [0.25, 0.3) is 0 Å². The highest BCUT2D eigenvalue weighted by atomic mass is 16.3. The van der Waals surface area contributed by atoms with Crippen molar-refractivity contribution in [3.63, 3.8) is 0 Å². The quantitative estimate of drug-likeness (QED) is 0.179. The summed E-state index contributed by atoms with van der Waals surface area (Å²) in [6.07, 6.45) is 0. The Labute approximate surface area is 298 Å². The molecule has 11 rings (SSSR count). The summed E-state index contributed by atoms with van der Waals surface area (Å²) in [4.78, 5) is 0. The maximum Gasteiger partial charge on any atom is 0.136 e. The molecule has 50 heavy (non-hydrogen) atoms. The van der Waals surface area contributed by atoms with Crippen LogP contribution in [0, 0.1) is 0 Å². The zero-order valence-corrected chi connectivity index (χ0v) is 26.4. The Bertz CT molecular complexity index is 3520. The molecule has 11 aromatic rings. The fourth-order valence-electron chi connectivity index (χ4n) is 7.64. The molecule has 0 bridgehead atoms. The molecule has 0 aliphatic carbocycles. The maximum absolute atomic E-state index is 9.29. The molecule has 0 atom stereocenters. The third-order valence-corrected chi connectivity index (χ3v) is 9.90. The van der Waals surface area contributed by atoms with Gasteiger partial charge in [0.15, 0.2) is 0 Å². The molecule has 0 radical (unpaired) electrons. The molecule has 0 saturated carbocycles. The first-order chi connectivity index (χ1) is 28.1. The van der Waals surface area contributed by atoms with Gasteiger partial charge >= 0.3 is 0 Å². The lowest BCUT2D eigenvalue weighted by Gasteiger charge is -2.18. The third kappa shape index (κ3) is 3.96. The van der Waals surface area contributed by atoms with Crippen LogP contribution in [0.5, 0.6) is 0 Å². The van der Waals surface area contributed by atoms with Crippen LogP contribution in [0.15, 0.2) is 179 Å². The van der Waals surface area contributed by atoms with Crippen LogP contribution in [0.4, 0.5) is 0 Å². The van der Waals surface area contributed by atoms with Crippen LogP contribution in [0.3, 0.4) is 0 Å². The zero-order valence-electron chi connectivity index (χ0n) is 34.4. The van der Waals surface area contributed by atoms with Gasteiger partial charge in [-0.15, -0.1) is 0 Å². The van der Waals surface area contributed by atoms with Crippen LogP contribution in [-0.2, 0) is 0 Å². The average Bonchev–Trinajstić information content (AvgIpc) is 3.82. The molecular formula is C48H28O2. The maximum atomic E-state index is 9.29. The normalized spacial score (nSPS) is 14.2. The molecule has 0 aliphatic heterocycles.